The molecule has 0 aliphatic rings. The first-order valence-electron chi connectivity index (χ1n) is 4.65. The average molecular weight is 191 g/mol. The van der Waals surface area contributed by atoms with Gasteiger partial charge in [0, 0.05) is 26.2 Å². The van der Waals surface area contributed by atoms with Crippen molar-refractivity contribution in [3.63, 3.8) is 0 Å². The number of para-hydroxylation sites is 1. The molecule has 1 aromatic carbocycles. The lowest BCUT2D eigenvalue weighted by atomic mass is 10.1. The van der Waals surface area contributed by atoms with E-state index < -0.39 is 0 Å². The highest BCUT2D eigenvalue weighted by Crippen LogP contribution is 2.14. The van der Waals surface area contributed by atoms with E-state index in [1.165, 1.54) is 6.92 Å². The zero-order chi connectivity index (χ0) is 10.4. The van der Waals surface area contributed by atoms with Crippen LogP contribution in [0, 0.1) is 0 Å². The van der Waals surface area contributed by atoms with Crippen molar-refractivity contribution < 1.29 is 4.79 Å². The molecular weight excluding hydrogens is 176 g/mol. The molecule has 0 aliphatic heterocycles. The van der Waals surface area contributed by atoms with E-state index in [1.807, 2.05) is 24.3 Å². The van der Waals surface area contributed by atoms with E-state index in [4.69, 9.17) is 0 Å². The predicted octanol–water partition coefficient (Wildman–Crippen LogP) is 1.42. The van der Waals surface area contributed by atoms with Crippen molar-refractivity contribution in [1.82, 2.24) is 5.32 Å². The van der Waals surface area contributed by atoms with E-state index >= 15 is 0 Å². The minimum absolute atomic E-state index is 0.0362. The molecule has 1 radical (unpaired) electrons. The van der Waals surface area contributed by atoms with Crippen molar-refractivity contribution in [2.45, 2.75) is 13.3 Å². The molecular formula is C11H15N2O. The summed E-state index contributed by atoms with van der Waals surface area (Å²) in [6.07, 6.45) is 0.868. The van der Waals surface area contributed by atoms with Crippen molar-refractivity contribution in [2.24, 2.45) is 0 Å². The van der Waals surface area contributed by atoms with Crippen LogP contribution in [-0.2, 0) is 11.2 Å². The van der Waals surface area contributed by atoms with Crippen LogP contribution in [0.4, 0.5) is 5.69 Å². The van der Waals surface area contributed by atoms with E-state index in [-0.39, 0.29) is 5.91 Å². The SMILES string of the molecule is C[N]CCc1ccccc1NC(C)=O. The van der Waals surface area contributed by atoms with Crippen molar-refractivity contribution in [1.29, 1.82) is 0 Å². The molecule has 14 heavy (non-hydrogen) atoms. The number of carbonyl (C=O) groups excluding carboxylic acids is 1. The number of nitrogens with zero attached hydrogens (tertiary/aromatic N) is 1. The van der Waals surface area contributed by atoms with Gasteiger partial charge >= 0.3 is 0 Å². The van der Waals surface area contributed by atoms with Crippen LogP contribution in [0.1, 0.15) is 12.5 Å². The molecule has 0 spiro atoms. The largest absolute Gasteiger partial charge is 0.326 e. The monoisotopic (exact) mass is 191 g/mol. The molecule has 0 atom stereocenters. The average Bonchev–Trinajstić information content (AvgIpc) is 2.16. The zero-order valence-corrected chi connectivity index (χ0v) is 8.58. The molecule has 3 nitrogen and oxygen atoms in total. The van der Waals surface area contributed by atoms with Crippen molar-refractivity contribution in [3.05, 3.63) is 29.8 Å². The summed E-state index contributed by atoms with van der Waals surface area (Å²) in [6.45, 7) is 2.30. The van der Waals surface area contributed by atoms with Gasteiger partial charge in [-0.05, 0) is 18.1 Å². The molecule has 0 bridgehead atoms. The summed E-state index contributed by atoms with van der Waals surface area (Å²) >= 11 is 0. The van der Waals surface area contributed by atoms with Gasteiger partial charge in [0.2, 0.25) is 5.91 Å². The summed E-state index contributed by atoms with van der Waals surface area (Å²) < 4.78 is 0. The first kappa shape index (κ1) is 10.7. The number of carbonyl (C=O) groups is 1. The molecule has 1 aromatic rings. The second-order valence-electron chi connectivity index (χ2n) is 3.13. The van der Waals surface area contributed by atoms with Gasteiger partial charge in [-0.1, -0.05) is 18.2 Å². The van der Waals surface area contributed by atoms with Crippen LogP contribution >= 0.6 is 0 Å². The fourth-order valence-electron chi connectivity index (χ4n) is 1.28. The Morgan fingerprint density at radius 2 is 2.14 bits per heavy atom. The lowest BCUT2D eigenvalue weighted by molar-refractivity contribution is -0.114. The van der Waals surface area contributed by atoms with Gasteiger partial charge in [-0.3, -0.25) is 4.79 Å². The smallest absolute Gasteiger partial charge is 0.221 e. The van der Waals surface area contributed by atoms with Gasteiger partial charge in [-0.2, -0.15) is 0 Å². The third kappa shape index (κ3) is 3.18. The van der Waals surface area contributed by atoms with Gasteiger partial charge < -0.3 is 5.32 Å². The zero-order valence-electron chi connectivity index (χ0n) is 8.58. The van der Waals surface area contributed by atoms with Crippen molar-refractivity contribution in [2.75, 3.05) is 18.9 Å². The molecule has 0 aromatic heterocycles. The molecule has 1 N–H and O–H groups in total. The van der Waals surface area contributed by atoms with Crippen molar-refractivity contribution in [3.8, 4) is 0 Å². The minimum atomic E-state index is -0.0362. The summed E-state index contributed by atoms with van der Waals surface area (Å²) in [5.41, 5.74) is 2.02. The number of rotatable bonds is 4. The first-order chi connectivity index (χ1) is 6.74. The number of nitrogens with one attached hydrogen (secondary N) is 1. The Balaban J connectivity index is 2.74. The molecule has 3 heteroatoms. The third-order valence-corrected chi connectivity index (χ3v) is 1.93. The van der Waals surface area contributed by atoms with Crippen LogP contribution in [0.25, 0.3) is 0 Å². The number of likely N-dealkylation sites (N-methyl/N-ethyl adjacent to an activating group) is 1. The normalized spacial score (nSPS) is 9.86. The van der Waals surface area contributed by atoms with Crippen LogP contribution in [0.15, 0.2) is 24.3 Å². The molecule has 0 saturated carbocycles. The maximum atomic E-state index is 10.9. The Hall–Kier alpha value is -1.35. The quantitative estimate of drug-likeness (QED) is 0.768. The number of benzene rings is 1. The van der Waals surface area contributed by atoms with Crippen LogP contribution in [-0.4, -0.2) is 19.5 Å². The summed E-state index contributed by atoms with van der Waals surface area (Å²) in [6, 6.07) is 7.80. The maximum absolute atomic E-state index is 10.9. The van der Waals surface area contributed by atoms with Gasteiger partial charge in [-0.15, -0.1) is 0 Å². The van der Waals surface area contributed by atoms with Crippen LogP contribution in [0.2, 0.25) is 0 Å². The Kier molecular flexibility index (Phi) is 4.13. The number of hydrogen-bond donors (Lipinski definition) is 1. The second-order valence-corrected chi connectivity index (χ2v) is 3.13. The fraction of sp³-hybridized carbons (Fsp3) is 0.364. The first-order valence-corrected chi connectivity index (χ1v) is 4.65. The van der Waals surface area contributed by atoms with E-state index in [0.717, 1.165) is 24.2 Å². The predicted molar refractivity (Wildman–Crippen MR) is 57.4 cm³/mol. The Morgan fingerprint density at radius 1 is 1.43 bits per heavy atom. The summed E-state index contributed by atoms with van der Waals surface area (Å²) in [4.78, 5) is 10.9. The minimum Gasteiger partial charge on any atom is -0.326 e. The molecule has 0 heterocycles. The number of amides is 1. The third-order valence-electron chi connectivity index (χ3n) is 1.93. The van der Waals surface area contributed by atoms with E-state index in [0.29, 0.717) is 0 Å². The van der Waals surface area contributed by atoms with E-state index in [2.05, 4.69) is 10.6 Å². The van der Waals surface area contributed by atoms with E-state index in [1.54, 1.807) is 7.05 Å². The highest BCUT2D eigenvalue weighted by atomic mass is 16.1. The fourth-order valence-corrected chi connectivity index (χ4v) is 1.28. The summed E-state index contributed by atoms with van der Waals surface area (Å²) in [5.74, 6) is -0.0362. The molecule has 0 fully saturated rings. The molecule has 75 valence electrons. The standard InChI is InChI=1S/C11H15N2O/c1-9(14)13-11-6-4-3-5-10(11)7-8-12-2/h3-6H,7-8H2,1-2H3,(H,13,14). The van der Waals surface area contributed by atoms with Gasteiger partial charge in [0.25, 0.3) is 0 Å². The highest BCUT2D eigenvalue weighted by Gasteiger charge is 2.01. The Labute approximate surface area is 84.5 Å². The molecule has 1 rings (SSSR count). The second kappa shape index (κ2) is 5.40. The van der Waals surface area contributed by atoms with Gasteiger partial charge in [-0.25, -0.2) is 5.32 Å². The molecule has 0 aliphatic carbocycles. The van der Waals surface area contributed by atoms with Gasteiger partial charge in [0.15, 0.2) is 0 Å². The molecule has 0 saturated heterocycles. The van der Waals surface area contributed by atoms with Crippen LogP contribution < -0.4 is 10.6 Å². The topological polar surface area (TPSA) is 43.2 Å². The molecule has 0 unspecified atom stereocenters. The van der Waals surface area contributed by atoms with E-state index in [9.17, 15) is 4.79 Å². The highest BCUT2D eigenvalue weighted by molar-refractivity contribution is 5.89. The Morgan fingerprint density at radius 3 is 2.79 bits per heavy atom. The summed E-state index contributed by atoms with van der Waals surface area (Å²) in [7, 11) is 1.79. The lowest BCUT2D eigenvalue weighted by Crippen LogP contribution is -2.10. The maximum Gasteiger partial charge on any atom is 0.221 e. The lowest BCUT2D eigenvalue weighted by Gasteiger charge is -2.08. The van der Waals surface area contributed by atoms with Crippen LogP contribution in [0.3, 0.4) is 0 Å². The number of hydrogen-bond acceptors (Lipinski definition) is 1. The molecule has 1 amide bonds. The summed E-state index contributed by atoms with van der Waals surface area (Å²) in [5, 5.41) is 6.84. The van der Waals surface area contributed by atoms with Crippen LogP contribution in [0.5, 0.6) is 0 Å². The van der Waals surface area contributed by atoms with Crippen molar-refractivity contribution >= 4 is 11.6 Å². The van der Waals surface area contributed by atoms with Gasteiger partial charge in [0.05, 0.1) is 0 Å². The number of anilines is 1. The van der Waals surface area contributed by atoms with Gasteiger partial charge in [0.1, 0.15) is 0 Å². The Bertz CT molecular complexity index is 310.